The SMILES string of the molecule is CCCCC[C@H]1CC[C@H](c2ccc(-c3ccc(C4(F)CCC(CCC)CC4)cc3)cc2)CC1. The van der Waals surface area contributed by atoms with Gasteiger partial charge in [0.1, 0.15) is 5.67 Å². The Morgan fingerprint density at radius 1 is 0.667 bits per heavy atom. The molecule has 0 nitrogen and oxygen atoms in total. The lowest BCUT2D eigenvalue weighted by atomic mass is 9.75. The molecule has 1 heteroatoms. The van der Waals surface area contributed by atoms with Crippen LogP contribution in [0.25, 0.3) is 11.1 Å². The fourth-order valence-electron chi connectivity index (χ4n) is 6.50. The molecule has 2 saturated carbocycles. The van der Waals surface area contributed by atoms with Crippen LogP contribution in [0.4, 0.5) is 4.39 Å². The summed E-state index contributed by atoms with van der Waals surface area (Å²) in [7, 11) is 0. The molecule has 0 aromatic heterocycles. The molecule has 0 unspecified atom stereocenters. The quantitative estimate of drug-likeness (QED) is 0.335. The van der Waals surface area contributed by atoms with E-state index in [4.69, 9.17) is 0 Å². The van der Waals surface area contributed by atoms with E-state index in [-0.39, 0.29) is 0 Å². The second-order valence-corrected chi connectivity index (χ2v) is 11.1. The van der Waals surface area contributed by atoms with Gasteiger partial charge in [-0.2, -0.15) is 0 Å². The molecule has 0 spiro atoms. The molecular formula is C32H45F. The number of unbranched alkanes of at least 4 members (excludes halogenated alkanes) is 2. The summed E-state index contributed by atoms with van der Waals surface area (Å²) in [6, 6.07) is 17.6. The van der Waals surface area contributed by atoms with E-state index < -0.39 is 5.67 Å². The standard InChI is InChI=1S/C32H45F/c1-3-5-6-8-26-9-11-27(12-10-26)28-13-15-29(16-14-28)30-17-19-31(20-18-30)32(33)23-21-25(7-4-2)22-24-32/h13-20,25-27H,3-12,21-24H2,1-2H3/t25?,26-,27-,32?. The van der Waals surface area contributed by atoms with Crippen molar-refractivity contribution in [2.24, 2.45) is 11.8 Å². The molecule has 0 bridgehead atoms. The van der Waals surface area contributed by atoms with Crippen LogP contribution in [0.2, 0.25) is 0 Å². The van der Waals surface area contributed by atoms with Gasteiger partial charge in [-0.3, -0.25) is 0 Å². The maximum Gasteiger partial charge on any atom is 0.136 e. The van der Waals surface area contributed by atoms with E-state index in [1.165, 1.54) is 80.9 Å². The van der Waals surface area contributed by atoms with Crippen molar-refractivity contribution >= 4 is 0 Å². The number of benzene rings is 2. The summed E-state index contributed by atoms with van der Waals surface area (Å²) in [4.78, 5) is 0. The van der Waals surface area contributed by atoms with Crippen molar-refractivity contribution in [2.75, 3.05) is 0 Å². The Balaban J connectivity index is 1.32. The number of rotatable bonds is 9. The smallest absolute Gasteiger partial charge is 0.136 e. The summed E-state index contributed by atoms with van der Waals surface area (Å²) in [5.41, 5.74) is 3.72. The molecule has 0 N–H and O–H groups in total. The van der Waals surface area contributed by atoms with Crippen LogP contribution in [-0.4, -0.2) is 0 Å². The first kappa shape index (κ1) is 24.5. The molecule has 0 atom stereocenters. The first-order chi connectivity index (χ1) is 16.1. The molecule has 4 rings (SSSR count). The largest absolute Gasteiger partial charge is 0.239 e. The zero-order valence-corrected chi connectivity index (χ0v) is 21.1. The highest BCUT2D eigenvalue weighted by Gasteiger charge is 2.36. The monoisotopic (exact) mass is 448 g/mol. The van der Waals surface area contributed by atoms with Crippen LogP contribution in [0.3, 0.4) is 0 Å². The lowest BCUT2D eigenvalue weighted by Gasteiger charge is -2.34. The van der Waals surface area contributed by atoms with Crippen LogP contribution in [0.1, 0.15) is 121 Å². The molecule has 0 amide bonds. The summed E-state index contributed by atoms with van der Waals surface area (Å²) in [6.07, 6.45) is 17.0. The van der Waals surface area contributed by atoms with E-state index in [2.05, 4.69) is 50.2 Å². The van der Waals surface area contributed by atoms with Crippen LogP contribution >= 0.6 is 0 Å². The minimum atomic E-state index is -1.12. The highest BCUT2D eigenvalue weighted by Crippen LogP contribution is 2.44. The van der Waals surface area contributed by atoms with Gasteiger partial charge in [0, 0.05) is 0 Å². The fraction of sp³-hybridized carbons (Fsp3) is 0.625. The molecule has 0 radical (unpaired) electrons. The van der Waals surface area contributed by atoms with Crippen molar-refractivity contribution in [3.8, 4) is 11.1 Å². The molecular weight excluding hydrogens is 403 g/mol. The molecule has 2 aromatic carbocycles. The first-order valence-electron chi connectivity index (χ1n) is 14.0. The van der Waals surface area contributed by atoms with Gasteiger partial charge in [0.15, 0.2) is 0 Å². The topological polar surface area (TPSA) is 0 Å². The van der Waals surface area contributed by atoms with Gasteiger partial charge < -0.3 is 0 Å². The molecule has 2 fully saturated rings. The number of alkyl halides is 1. The van der Waals surface area contributed by atoms with Crippen LogP contribution in [0.5, 0.6) is 0 Å². The average molecular weight is 449 g/mol. The zero-order valence-electron chi connectivity index (χ0n) is 21.1. The summed E-state index contributed by atoms with van der Waals surface area (Å²) in [6.45, 7) is 4.54. The average Bonchev–Trinajstić information content (AvgIpc) is 2.87. The first-order valence-corrected chi connectivity index (χ1v) is 14.0. The van der Waals surface area contributed by atoms with Gasteiger partial charge in [-0.1, -0.05) is 101 Å². The predicted molar refractivity (Wildman–Crippen MR) is 140 cm³/mol. The minimum Gasteiger partial charge on any atom is -0.239 e. The van der Waals surface area contributed by atoms with Crippen molar-refractivity contribution in [2.45, 2.75) is 115 Å². The maximum atomic E-state index is 15.6. The van der Waals surface area contributed by atoms with Crippen molar-refractivity contribution < 1.29 is 4.39 Å². The van der Waals surface area contributed by atoms with Crippen molar-refractivity contribution in [1.82, 2.24) is 0 Å². The highest BCUT2D eigenvalue weighted by atomic mass is 19.1. The van der Waals surface area contributed by atoms with Gasteiger partial charge in [-0.05, 0) is 91.4 Å². The number of hydrogen-bond acceptors (Lipinski definition) is 0. The molecule has 2 aliphatic rings. The van der Waals surface area contributed by atoms with Crippen LogP contribution in [0.15, 0.2) is 48.5 Å². The van der Waals surface area contributed by atoms with Gasteiger partial charge in [0.05, 0.1) is 0 Å². The Morgan fingerprint density at radius 2 is 1.24 bits per heavy atom. The van der Waals surface area contributed by atoms with E-state index in [0.717, 1.165) is 36.2 Å². The summed E-state index contributed by atoms with van der Waals surface area (Å²) < 4.78 is 15.6. The predicted octanol–water partition coefficient (Wildman–Crippen LogP) is 10.4. The van der Waals surface area contributed by atoms with Gasteiger partial charge in [-0.25, -0.2) is 4.39 Å². The Labute approximate surface area is 202 Å². The summed E-state index contributed by atoms with van der Waals surface area (Å²) >= 11 is 0. The van der Waals surface area contributed by atoms with Crippen LogP contribution in [0, 0.1) is 11.8 Å². The second-order valence-electron chi connectivity index (χ2n) is 11.1. The van der Waals surface area contributed by atoms with E-state index in [9.17, 15) is 0 Å². The third-order valence-corrected chi connectivity index (χ3v) is 8.77. The maximum absolute atomic E-state index is 15.6. The Bertz CT molecular complexity index is 818. The second kappa shape index (κ2) is 11.7. The molecule has 2 aliphatic carbocycles. The third-order valence-electron chi connectivity index (χ3n) is 8.77. The zero-order chi connectivity index (χ0) is 23.1. The number of halogens is 1. The Kier molecular flexibility index (Phi) is 8.67. The summed E-state index contributed by atoms with van der Waals surface area (Å²) in [5.74, 6) is 2.43. The van der Waals surface area contributed by atoms with E-state index in [1.807, 2.05) is 12.1 Å². The highest BCUT2D eigenvalue weighted by molar-refractivity contribution is 5.64. The molecule has 0 heterocycles. The normalized spacial score (nSPS) is 28.0. The molecule has 0 aliphatic heterocycles. The molecule has 0 saturated heterocycles. The van der Waals surface area contributed by atoms with Gasteiger partial charge >= 0.3 is 0 Å². The van der Waals surface area contributed by atoms with Gasteiger partial charge in [0.25, 0.3) is 0 Å². The van der Waals surface area contributed by atoms with Crippen molar-refractivity contribution in [1.29, 1.82) is 0 Å². The van der Waals surface area contributed by atoms with Crippen LogP contribution < -0.4 is 0 Å². The Morgan fingerprint density at radius 3 is 1.82 bits per heavy atom. The Hall–Kier alpha value is -1.63. The minimum absolute atomic E-state index is 0.687. The molecule has 2 aromatic rings. The van der Waals surface area contributed by atoms with Gasteiger partial charge in [-0.15, -0.1) is 0 Å². The lowest BCUT2D eigenvalue weighted by molar-refractivity contribution is 0.0793. The lowest BCUT2D eigenvalue weighted by Crippen LogP contribution is -2.27. The van der Waals surface area contributed by atoms with Crippen molar-refractivity contribution in [3.05, 3.63) is 59.7 Å². The molecule has 33 heavy (non-hydrogen) atoms. The number of hydrogen-bond donors (Lipinski definition) is 0. The van der Waals surface area contributed by atoms with E-state index in [0.29, 0.717) is 12.8 Å². The van der Waals surface area contributed by atoms with E-state index >= 15 is 4.39 Å². The third kappa shape index (κ3) is 6.28. The summed E-state index contributed by atoms with van der Waals surface area (Å²) in [5, 5.41) is 0. The fourth-order valence-corrected chi connectivity index (χ4v) is 6.50. The molecule has 180 valence electrons. The van der Waals surface area contributed by atoms with E-state index in [1.54, 1.807) is 0 Å². The van der Waals surface area contributed by atoms with Crippen LogP contribution in [-0.2, 0) is 5.67 Å². The van der Waals surface area contributed by atoms with Gasteiger partial charge in [0.2, 0.25) is 0 Å². The van der Waals surface area contributed by atoms with Crippen molar-refractivity contribution in [3.63, 3.8) is 0 Å².